The second-order valence-corrected chi connectivity index (χ2v) is 4.13. The van der Waals surface area contributed by atoms with Crippen LogP contribution in [0.15, 0.2) is 34.1 Å². The van der Waals surface area contributed by atoms with Gasteiger partial charge in [-0.15, -0.1) is 0 Å². The summed E-state index contributed by atoms with van der Waals surface area (Å²) in [7, 11) is 0. The predicted octanol–water partition coefficient (Wildman–Crippen LogP) is 0.921. The van der Waals surface area contributed by atoms with Crippen LogP contribution in [0.5, 0.6) is 0 Å². The van der Waals surface area contributed by atoms with Crippen molar-refractivity contribution in [1.29, 1.82) is 0 Å². The molecule has 4 heteroatoms. The summed E-state index contributed by atoms with van der Waals surface area (Å²) in [6, 6.07) is 0.254. The molecule has 1 aromatic heterocycles. The van der Waals surface area contributed by atoms with Crippen LogP contribution in [0.2, 0.25) is 0 Å². The van der Waals surface area contributed by atoms with E-state index in [1.165, 1.54) is 9.13 Å². The van der Waals surface area contributed by atoms with Crippen molar-refractivity contribution >= 4 is 0 Å². The highest BCUT2D eigenvalue weighted by Crippen LogP contribution is 2.32. The zero-order valence-electron chi connectivity index (χ0n) is 8.77. The van der Waals surface area contributed by atoms with E-state index in [1.54, 1.807) is 12.4 Å². The molecule has 0 saturated heterocycles. The fraction of sp³-hybridized carbons (Fsp3) is 0.455. The molecule has 0 bridgehead atoms. The van der Waals surface area contributed by atoms with Crippen molar-refractivity contribution in [2.24, 2.45) is 0 Å². The third kappa shape index (κ3) is 1.93. The summed E-state index contributed by atoms with van der Waals surface area (Å²) in [5.74, 6) is 0. The van der Waals surface area contributed by atoms with Gasteiger partial charge in [0.2, 0.25) is 0 Å². The lowest BCUT2D eigenvalue weighted by Crippen LogP contribution is -2.40. The number of allylic oxidation sites excluding steroid dienone is 1. The highest BCUT2D eigenvalue weighted by molar-refractivity contribution is 4.97. The Morgan fingerprint density at radius 2 is 2.07 bits per heavy atom. The highest BCUT2D eigenvalue weighted by atomic mass is 16.2. The number of aromatic nitrogens is 2. The van der Waals surface area contributed by atoms with Crippen LogP contribution in [0.1, 0.15) is 25.8 Å². The molecule has 0 aliphatic heterocycles. The Labute approximate surface area is 87.5 Å². The largest absolute Gasteiger partial charge is 0.316 e. The summed E-state index contributed by atoms with van der Waals surface area (Å²) in [4.78, 5) is 23.3. The second-order valence-electron chi connectivity index (χ2n) is 4.13. The van der Waals surface area contributed by atoms with Gasteiger partial charge in [-0.05, 0) is 19.8 Å². The van der Waals surface area contributed by atoms with Crippen LogP contribution in [-0.2, 0) is 6.54 Å². The van der Waals surface area contributed by atoms with Gasteiger partial charge in [0, 0.05) is 25.0 Å². The first-order valence-corrected chi connectivity index (χ1v) is 5.05. The quantitative estimate of drug-likeness (QED) is 0.545. The molecule has 1 aliphatic carbocycles. The molecule has 15 heavy (non-hydrogen) atoms. The fourth-order valence-corrected chi connectivity index (χ4v) is 1.58. The molecular weight excluding hydrogens is 192 g/mol. The Morgan fingerprint density at radius 1 is 1.40 bits per heavy atom. The van der Waals surface area contributed by atoms with E-state index < -0.39 is 11.1 Å². The molecule has 0 amide bonds. The minimum atomic E-state index is -0.451. The fourth-order valence-electron chi connectivity index (χ4n) is 1.58. The maximum absolute atomic E-state index is 11.7. The van der Waals surface area contributed by atoms with Gasteiger partial charge in [0.15, 0.2) is 0 Å². The molecule has 0 aromatic carbocycles. The maximum atomic E-state index is 11.7. The van der Waals surface area contributed by atoms with E-state index in [1.807, 2.05) is 6.92 Å². The number of rotatable bonds is 3. The van der Waals surface area contributed by atoms with Crippen LogP contribution in [-0.4, -0.2) is 9.13 Å². The summed E-state index contributed by atoms with van der Waals surface area (Å²) in [6.45, 7) is 5.97. The van der Waals surface area contributed by atoms with Gasteiger partial charge in [-0.1, -0.05) is 12.2 Å². The van der Waals surface area contributed by atoms with Gasteiger partial charge >= 0.3 is 11.1 Å². The maximum Gasteiger partial charge on any atom is 0.316 e. The molecule has 4 nitrogen and oxygen atoms in total. The lowest BCUT2D eigenvalue weighted by atomic mass is 10.3. The second kappa shape index (κ2) is 3.53. The summed E-state index contributed by atoms with van der Waals surface area (Å²) in [5, 5.41) is 0. The first kappa shape index (κ1) is 9.96. The third-order valence-corrected chi connectivity index (χ3v) is 2.47. The van der Waals surface area contributed by atoms with E-state index in [2.05, 4.69) is 6.58 Å². The Morgan fingerprint density at radius 3 is 2.60 bits per heavy atom. The first-order valence-electron chi connectivity index (χ1n) is 5.05. The Balaban J connectivity index is 2.44. The summed E-state index contributed by atoms with van der Waals surface area (Å²) < 4.78 is 2.95. The average molecular weight is 206 g/mol. The van der Waals surface area contributed by atoms with Crippen molar-refractivity contribution in [2.75, 3.05) is 0 Å². The molecule has 0 atom stereocenters. The van der Waals surface area contributed by atoms with Crippen molar-refractivity contribution in [2.45, 2.75) is 32.4 Å². The van der Waals surface area contributed by atoms with Gasteiger partial charge in [0.1, 0.15) is 0 Å². The van der Waals surface area contributed by atoms with E-state index in [4.69, 9.17) is 0 Å². The van der Waals surface area contributed by atoms with Crippen LogP contribution >= 0.6 is 0 Å². The van der Waals surface area contributed by atoms with Gasteiger partial charge in [0.05, 0.1) is 0 Å². The monoisotopic (exact) mass is 206 g/mol. The smallest absolute Gasteiger partial charge is 0.306 e. The molecule has 1 heterocycles. The molecule has 1 aromatic rings. The summed E-state index contributed by atoms with van der Waals surface area (Å²) in [5.41, 5.74) is -0.00526. The van der Waals surface area contributed by atoms with E-state index in [9.17, 15) is 9.59 Å². The van der Waals surface area contributed by atoms with Crippen LogP contribution in [0.4, 0.5) is 0 Å². The first-order chi connectivity index (χ1) is 7.09. The Hall–Kier alpha value is -1.58. The van der Waals surface area contributed by atoms with Gasteiger partial charge in [-0.2, -0.15) is 0 Å². The Kier molecular flexibility index (Phi) is 2.34. The predicted molar refractivity (Wildman–Crippen MR) is 58.0 cm³/mol. The van der Waals surface area contributed by atoms with Crippen LogP contribution in [0, 0.1) is 0 Å². The summed E-state index contributed by atoms with van der Waals surface area (Å²) >= 11 is 0. The van der Waals surface area contributed by atoms with E-state index in [0.29, 0.717) is 6.54 Å². The van der Waals surface area contributed by atoms with Crippen molar-refractivity contribution in [3.05, 3.63) is 45.3 Å². The van der Waals surface area contributed by atoms with Crippen LogP contribution in [0.25, 0.3) is 0 Å². The molecular formula is C11H14N2O2. The molecule has 1 aliphatic rings. The molecule has 2 rings (SSSR count). The van der Waals surface area contributed by atoms with Gasteiger partial charge in [0.25, 0.3) is 0 Å². The molecule has 0 spiro atoms. The third-order valence-electron chi connectivity index (χ3n) is 2.47. The molecule has 1 saturated carbocycles. The Bertz CT molecular complexity index is 506. The lowest BCUT2D eigenvalue weighted by molar-refractivity contribution is 0.638. The van der Waals surface area contributed by atoms with Gasteiger partial charge < -0.3 is 9.13 Å². The van der Waals surface area contributed by atoms with Crippen molar-refractivity contribution < 1.29 is 0 Å². The van der Waals surface area contributed by atoms with Crippen LogP contribution < -0.4 is 11.1 Å². The van der Waals surface area contributed by atoms with E-state index in [0.717, 1.165) is 18.4 Å². The number of hydrogen-bond acceptors (Lipinski definition) is 2. The van der Waals surface area contributed by atoms with E-state index >= 15 is 0 Å². The SMILES string of the molecule is C=C(C)Cn1ccn(C2CC2)c(=O)c1=O. The molecule has 0 radical (unpaired) electrons. The minimum Gasteiger partial charge on any atom is -0.306 e. The molecule has 0 unspecified atom stereocenters. The highest BCUT2D eigenvalue weighted by Gasteiger charge is 2.25. The minimum absolute atomic E-state index is 0.254. The van der Waals surface area contributed by atoms with E-state index in [-0.39, 0.29) is 6.04 Å². The molecule has 0 N–H and O–H groups in total. The number of nitrogens with zero attached hydrogens (tertiary/aromatic N) is 2. The van der Waals surface area contributed by atoms with Crippen molar-refractivity contribution in [1.82, 2.24) is 9.13 Å². The standard InChI is InChI=1S/C11H14N2O2/c1-8(2)7-12-5-6-13(9-3-4-9)11(15)10(12)14/h5-6,9H,1,3-4,7H2,2H3. The van der Waals surface area contributed by atoms with Crippen molar-refractivity contribution in [3.8, 4) is 0 Å². The normalized spacial score (nSPS) is 15.3. The number of hydrogen-bond donors (Lipinski definition) is 0. The van der Waals surface area contributed by atoms with Crippen molar-refractivity contribution in [3.63, 3.8) is 0 Å². The molecule has 1 fully saturated rings. The summed E-state index contributed by atoms with van der Waals surface area (Å²) in [6.07, 6.45) is 5.37. The van der Waals surface area contributed by atoms with Crippen LogP contribution in [0.3, 0.4) is 0 Å². The van der Waals surface area contributed by atoms with Gasteiger partial charge in [-0.25, -0.2) is 0 Å². The average Bonchev–Trinajstić information content (AvgIpc) is 2.96. The molecule has 80 valence electrons. The zero-order valence-corrected chi connectivity index (χ0v) is 8.77. The topological polar surface area (TPSA) is 44.0 Å². The lowest BCUT2D eigenvalue weighted by Gasteiger charge is -2.07. The zero-order chi connectivity index (χ0) is 11.0. The van der Waals surface area contributed by atoms with Gasteiger partial charge in [-0.3, -0.25) is 9.59 Å².